The van der Waals surface area contributed by atoms with Crippen molar-refractivity contribution in [3.8, 4) is 0 Å². The van der Waals surface area contributed by atoms with Crippen LogP contribution < -0.4 is 10.6 Å². The molecule has 11 heteroatoms. The van der Waals surface area contributed by atoms with Crippen LogP contribution in [0.4, 0.5) is 8.78 Å². The molecule has 1 aromatic heterocycles. The Morgan fingerprint density at radius 2 is 2.00 bits per heavy atom. The Morgan fingerprint density at radius 3 is 2.50 bits per heavy atom. The number of alkyl halides is 2. The molecule has 2 rings (SSSR count). The first-order chi connectivity index (χ1) is 12.3. The molecule has 0 unspecified atom stereocenters. The van der Waals surface area contributed by atoms with Crippen molar-refractivity contribution in [1.29, 1.82) is 0 Å². The zero-order valence-corrected chi connectivity index (χ0v) is 15.9. The van der Waals surface area contributed by atoms with Crippen molar-refractivity contribution in [2.75, 3.05) is 26.7 Å². The molecule has 1 saturated heterocycles. The fraction of sp³-hybridized carbons (Fsp3) is 0.733. The van der Waals surface area contributed by atoms with E-state index in [4.69, 9.17) is 4.52 Å². The molecule has 0 radical (unpaired) electrons. The highest BCUT2D eigenvalue weighted by Gasteiger charge is 2.34. The normalized spacial score (nSPS) is 17.7. The number of rotatable bonds is 6. The van der Waals surface area contributed by atoms with E-state index in [0.29, 0.717) is 31.9 Å². The SMILES string of the molecule is CN=C(NCc1c(C)noc1C)NCC1CCN(S(=O)(=O)C(F)F)CC1. The molecule has 0 bridgehead atoms. The Balaban J connectivity index is 1.78. The molecule has 1 aliphatic heterocycles. The van der Waals surface area contributed by atoms with Gasteiger partial charge in [0.2, 0.25) is 0 Å². The maximum atomic E-state index is 12.6. The van der Waals surface area contributed by atoms with E-state index in [1.54, 1.807) is 7.05 Å². The van der Waals surface area contributed by atoms with Gasteiger partial charge in [-0.1, -0.05) is 5.16 Å². The quantitative estimate of drug-likeness (QED) is 0.557. The Bertz CT molecular complexity index is 708. The number of halogens is 2. The number of sulfonamides is 1. The molecule has 0 aliphatic carbocycles. The average molecular weight is 393 g/mol. The second-order valence-corrected chi connectivity index (χ2v) is 8.16. The van der Waals surface area contributed by atoms with Gasteiger partial charge in [-0.2, -0.15) is 13.1 Å². The van der Waals surface area contributed by atoms with Gasteiger partial charge in [0.05, 0.1) is 5.69 Å². The van der Waals surface area contributed by atoms with Crippen LogP contribution in [0.15, 0.2) is 9.52 Å². The van der Waals surface area contributed by atoms with Crippen LogP contribution in [0.5, 0.6) is 0 Å². The predicted octanol–water partition coefficient (Wildman–Crippen LogP) is 1.22. The van der Waals surface area contributed by atoms with E-state index in [2.05, 4.69) is 20.8 Å². The summed E-state index contributed by atoms with van der Waals surface area (Å²) >= 11 is 0. The van der Waals surface area contributed by atoms with Gasteiger partial charge in [0.25, 0.3) is 10.0 Å². The highest BCUT2D eigenvalue weighted by Crippen LogP contribution is 2.22. The van der Waals surface area contributed by atoms with E-state index in [9.17, 15) is 17.2 Å². The van der Waals surface area contributed by atoms with Gasteiger partial charge in [0.15, 0.2) is 5.96 Å². The summed E-state index contributed by atoms with van der Waals surface area (Å²) in [6.07, 6.45) is 1.06. The maximum absolute atomic E-state index is 12.6. The summed E-state index contributed by atoms with van der Waals surface area (Å²) in [5.41, 5.74) is 1.79. The molecule has 0 saturated carbocycles. The molecule has 0 atom stereocenters. The molecule has 26 heavy (non-hydrogen) atoms. The van der Waals surface area contributed by atoms with Crippen molar-refractivity contribution in [1.82, 2.24) is 20.1 Å². The Hall–Kier alpha value is -1.75. The monoisotopic (exact) mass is 393 g/mol. The van der Waals surface area contributed by atoms with Crippen LogP contribution in [0, 0.1) is 19.8 Å². The first kappa shape index (κ1) is 20.6. The standard InChI is InChI=1S/C15H25F2N5O3S/c1-10-13(11(2)25-21-10)9-20-15(18-3)19-8-12-4-6-22(7-5-12)26(23,24)14(16)17/h12,14H,4-9H2,1-3H3,(H2,18,19,20). The second-order valence-electron chi connectivity index (χ2n) is 6.26. The van der Waals surface area contributed by atoms with E-state index >= 15 is 0 Å². The lowest BCUT2D eigenvalue weighted by Gasteiger charge is -2.31. The molecule has 1 aromatic rings. The Kier molecular flexibility index (Phi) is 6.93. The van der Waals surface area contributed by atoms with Gasteiger partial charge < -0.3 is 15.2 Å². The minimum atomic E-state index is -4.47. The van der Waals surface area contributed by atoms with Gasteiger partial charge in [-0.25, -0.2) is 8.42 Å². The van der Waals surface area contributed by atoms with Crippen molar-refractivity contribution in [2.45, 2.75) is 39.0 Å². The lowest BCUT2D eigenvalue weighted by Crippen LogP contribution is -2.45. The lowest BCUT2D eigenvalue weighted by atomic mass is 9.98. The predicted molar refractivity (Wildman–Crippen MR) is 93.4 cm³/mol. The van der Waals surface area contributed by atoms with Crippen molar-refractivity contribution in [3.63, 3.8) is 0 Å². The fourth-order valence-corrected chi connectivity index (χ4v) is 3.81. The van der Waals surface area contributed by atoms with Gasteiger partial charge in [-0.05, 0) is 32.6 Å². The summed E-state index contributed by atoms with van der Waals surface area (Å²) in [4.78, 5) is 4.15. The van der Waals surface area contributed by atoms with E-state index in [1.165, 1.54) is 0 Å². The number of nitrogens with one attached hydrogen (secondary N) is 2. The smallest absolute Gasteiger partial charge is 0.350 e. The number of aromatic nitrogens is 1. The van der Waals surface area contributed by atoms with Crippen molar-refractivity contribution >= 4 is 16.0 Å². The molecular formula is C15H25F2N5O3S. The molecule has 0 amide bonds. The molecule has 2 N–H and O–H groups in total. The zero-order chi connectivity index (χ0) is 19.3. The van der Waals surface area contributed by atoms with Crippen LogP contribution in [0.25, 0.3) is 0 Å². The molecule has 0 aromatic carbocycles. The third kappa shape index (κ3) is 4.91. The van der Waals surface area contributed by atoms with Gasteiger partial charge in [0.1, 0.15) is 5.76 Å². The summed E-state index contributed by atoms with van der Waals surface area (Å²) in [5.74, 6) is -1.81. The van der Waals surface area contributed by atoms with Crippen LogP contribution >= 0.6 is 0 Å². The molecular weight excluding hydrogens is 368 g/mol. The highest BCUT2D eigenvalue weighted by atomic mass is 32.2. The molecule has 2 heterocycles. The van der Waals surface area contributed by atoms with Crippen molar-refractivity contribution in [3.05, 3.63) is 17.0 Å². The minimum absolute atomic E-state index is 0.115. The van der Waals surface area contributed by atoms with Gasteiger partial charge in [-0.3, -0.25) is 4.99 Å². The lowest BCUT2D eigenvalue weighted by molar-refractivity contribution is 0.204. The Labute approximate surface area is 152 Å². The van der Waals surface area contributed by atoms with Gasteiger partial charge in [-0.15, -0.1) is 0 Å². The van der Waals surface area contributed by atoms with E-state index in [-0.39, 0.29) is 19.0 Å². The van der Waals surface area contributed by atoms with Crippen LogP contribution in [0.2, 0.25) is 0 Å². The number of hydrogen-bond donors (Lipinski definition) is 2. The van der Waals surface area contributed by atoms with Gasteiger partial charge >= 0.3 is 5.76 Å². The van der Waals surface area contributed by atoms with E-state index < -0.39 is 15.8 Å². The third-order valence-electron chi connectivity index (χ3n) is 4.55. The van der Waals surface area contributed by atoms with E-state index in [0.717, 1.165) is 21.3 Å². The van der Waals surface area contributed by atoms with E-state index in [1.807, 2.05) is 13.8 Å². The van der Waals surface area contributed by atoms with Crippen LogP contribution in [0.3, 0.4) is 0 Å². The molecule has 1 fully saturated rings. The van der Waals surface area contributed by atoms with Crippen LogP contribution in [0.1, 0.15) is 29.9 Å². The summed E-state index contributed by atoms with van der Waals surface area (Å²) in [5, 5.41) is 10.3. The maximum Gasteiger partial charge on any atom is 0.350 e. The largest absolute Gasteiger partial charge is 0.361 e. The first-order valence-corrected chi connectivity index (χ1v) is 9.89. The third-order valence-corrected chi connectivity index (χ3v) is 6.09. The average Bonchev–Trinajstić information content (AvgIpc) is 2.93. The summed E-state index contributed by atoms with van der Waals surface area (Å²) in [6.45, 7) is 5.05. The molecule has 1 aliphatic rings. The first-order valence-electron chi connectivity index (χ1n) is 8.39. The second kappa shape index (κ2) is 8.76. The number of aryl methyl sites for hydroxylation is 2. The minimum Gasteiger partial charge on any atom is -0.361 e. The highest BCUT2D eigenvalue weighted by molar-refractivity contribution is 7.89. The fourth-order valence-electron chi connectivity index (χ4n) is 2.87. The number of nitrogens with zero attached hydrogens (tertiary/aromatic N) is 3. The van der Waals surface area contributed by atoms with Crippen LogP contribution in [-0.2, 0) is 16.6 Å². The van der Waals surface area contributed by atoms with Crippen molar-refractivity contribution < 1.29 is 21.7 Å². The zero-order valence-electron chi connectivity index (χ0n) is 15.1. The van der Waals surface area contributed by atoms with Crippen molar-refractivity contribution in [2.24, 2.45) is 10.9 Å². The topological polar surface area (TPSA) is 99.8 Å². The summed E-state index contributed by atoms with van der Waals surface area (Å²) in [6, 6.07) is 0. The summed E-state index contributed by atoms with van der Waals surface area (Å²) in [7, 11) is -2.82. The number of piperidine rings is 1. The number of aliphatic imine (C=N–C) groups is 1. The van der Waals surface area contributed by atoms with Crippen LogP contribution in [-0.4, -0.2) is 56.3 Å². The van der Waals surface area contributed by atoms with Gasteiger partial charge in [0, 0.05) is 38.8 Å². The number of guanidine groups is 1. The molecule has 148 valence electrons. The molecule has 8 nitrogen and oxygen atoms in total. The molecule has 0 spiro atoms. The Morgan fingerprint density at radius 1 is 1.35 bits per heavy atom. The number of hydrogen-bond acceptors (Lipinski definition) is 5. The summed E-state index contributed by atoms with van der Waals surface area (Å²) < 4.78 is 54.1.